The summed E-state index contributed by atoms with van der Waals surface area (Å²) >= 11 is 0. The lowest BCUT2D eigenvalue weighted by molar-refractivity contribution is -0.146. The second-order valence-corrected chi connectivity index (χ2v) is 8.90. The van der Waals surface area contributed by atoms with Crippen LogP contribution in [0.15, 0.2) is 103 Å². The molecule has 39 heavy (non-hydrogen) atoms. The predicted octanol–water partition coefficient (Wildman–Crippen LogP) is 6.09. The molecule has 200 valence electrons. The van der Waals surface area contributed by atoms with Gasteiger partial charge in [0.05, 0.1) is 5.56 Å². The van der Waals surface area contributed by atoms with E-state index in [0.29, 0.717) is 40.8 Å². The van der Waals surface area contributed by atoms with Gasteiger partial charge in [-0.15, -0.1) is 0 Å². The van der Waals surface area contributed by atoms with Gasteiger partial charge in [-0.1, -0.05) is 84.9 Å². The Morgan fingerprint density at radius 1 is 0.769 bits per heavy atom. The van der Waals surface area contributed by atoms with Gasteiger partial charge in [0.1, 0.15) is 12.6 Å². The van der Waals surface area contributed by atoms with Crippen LogP contribution in [0.2, 0.25) is 0 Å². The van der Waals surface area contributed by atoms with Crippen molar-refractivity contribution in [2.75, 3.05) is 6.54 Å². The topological polar surface area (TPSA) is 81.4 Å². The fourth-order valence-electron chi connectivity index (χ4n) is 4.15. The Balaban J connectivity index is 1.47. The molecule has 3 N–H and O–H groups in total. The number of esters is 1. The van der Waals surface area contributed by atoms with Crippen molar-refractivity contribution in [1.82, 2.24) is 5.32 Å². The molecule has 4 rings (SSSR count). The van der Waals surface area contributed by atoms with Crippen LogP contribution < -0.4 is 11.1 Å². The fraction of sp³-hybridized carbons (Fsp3) is 0.161. The first kappa shape index (κ1) is 27.6. The third-order valence-electron chi connectivity index (χ3n) is 6.22. The van der Waals surface area contributed by atoms with Crippen molar-refractivity contribution in [3.05, 3.63) is 131 Å². The standard InChI is InChI=1S/C31H27F3N2O3/c32-31(33,34)23-16-14-22(15-17-23)20-39-30(38)28(35)26-12-6-4-10-24(26)25-11-5-7-13-27(25)29(37)36-19-18-21-8-2-1-3-9-21/h1-17,28H,18-20,35H2,(H,36,37). The van der Waals surface area contributed by atoms with Gasteiger partial charge in [0.25, 0.3) is 5.91 Å². The Hall–Kier alpha value is -4.43. The van der Waals surface area contributed by atoms with Crippen LogP contribution in [0.25, 0.3) is 11.1 Å². The van der Waals surface area contributed by atoms with E-state index in [1.54, 1.807) is 48.5 Å². The van der Waals surface area contributed by atoms with Crippen LogP contribution in [-0.4, -0.2) is 18.4 Å². The molecule has 0 aliphatic heterocycles. The molecule has 1 atom stereocenters. The SMILES string of the molecule is NC(C(=O)OCc1ccc(C(F)(F)F)cc1)c1ccccc1-c1ccccc1C(=O)NCCc1ccccc1. The van der Waals surface area contributed by atoms with Crippen LogP contribution in [0, 0.1) is 0 Å². The van der Waals surface area contributed by atoms with Gasteiger partial charge in [0, 0.05) is 12.1 Å². The van der Waals surface area contributed by atoms with E-state index in [4.69, 9.17) is 10.5 Å². The minimum Gasteiger partial charge on any atom is -0.459 e. The van der Waals surface area contributed by atoms with Crippen LogP contribution in [0.3, 0.4) is 0 Å². The maximum Gasteiger partial charge on any atom is 0.416 e. The van der Waals surface area contributed by atoms with Gasteiger partial charge in [-0.25, -0.2) is 4.79 Å². The molecule has 8 heteroatoms. The Morgan fingerprint density at radius 3 is 2.08 bits per heavy atom. The monoisotopic (exact) mass is 532 g/mol. The van der Waals surface area contributed by atoms with Crippen LogP contribution in [0.5, 0.6) is 0 Å². The van der Waals surface area contributed by atoms with E-state index >= 15 is 0 Å². The molecule has 0 saturated carbocycles. The van der Waals surface area contributed by atoms with Crippen LogP contribution in [0.1, 0.15) is 38.7 Å². The summed E-state index contributed by atoms with van der Waals surface area (Å²) in [5.41, 5.74) is 9.09. The first-order valence-corrected chi connectivity index (χ1v) is 12.3. The quantitative estimate of drug-likeness (QED) is 0.256. The molecule has 4 aromatic rings. The van der Waals surface area contributed by atoms with Crippen LogP contribution in [-0.2, 0) is 28.7 Å². The van der Waals surface area contributed by atoms with E-state index in [-0.39, 0.29) is 12.5 Å². The number of benzene rings is 4. The molecule has 0 saturated heterocycles. The van der Waals surface area contributed by atoms with Crippen molar-refractivity contribution in [3.63, 3.8) is 0 Å². The summed E-state index contributed by atoms with van der Waals surface area (Å²) in [6.45, 7) is 0.224. The van der Waals surface area contributed by atoms with E-state index in [9.17, 15) is 22.8 Å². The highest BCUT2D eigenvalue weighted by Crippen LogP contribution is 2.31. The van der Waals surface area contributed by atoms with Crippen molar-refractivity contribution < 1.29 is 27.5 Å². The third-order valence-corrected chi connectivity index (χ3v) is 6.22. The van der Waals surface area contributed by atoms with Gasteiger partial charge in [-0.2, -0.15) is 13.2 Å². The van der Waals surface area contributed by atoms with Crippen LogP contribution >= 0.6 is 0 Å². The number of rotatable bonds is 9. The molecule has 0 aliphatic rings. The van der Waals surface area contributed by atoms with Crippen molar-refractivity contribution in [2.45, 2.75) is 25.2 Å². The molecule has 0 heterocycles. The number of hydrogen-bond donors (Lipinski definition) is 2. The number of nitrogens with two attached hydrogens (primary N) is 1. The zero-order chi connectivity index (χ0) is 27.8. The predicted molar refractivity (Wildman–Crippen MR) is 143 cm³/mol. The summed E-state index contributed by atoms with van der Waals surface area (Å²) in [5, 5.41) is 2.95. The zero-order valence-corrected chi connectivity index (χ0v) is 20.9. The summed E-state index contributed by atoms with van der Waals surface area (Å²) in [5.74, 6) is -0.998. The number of hydrogen-bond acceptors (Lipinski definition) is 4. The minimum absolute atomic E-state index is 0.229. The number of halogens is 3. The molecule has 1 unspecified atom stereocenters. The van der Waals surface area contributed by atoms with Gasteiger partial charge >= 0.3 is 12.1 Å². The van der Waals surface area contributed by atoms with Crippen molar-refractivity contribution in [2.24, 2.45) is 5.73 Å². The highest BCUT2D eigenvalue weighted by Gasteiger charge is 2.30. The van der Waals surface area contributed by atoms with E-state index in [1.165, 1.54) is 12.1 Å². The molecule has 1 amide bonds. The average Bonchev–Trinajstić information content (AvgIpc) is 2.95. The van der Waals surface area contributed by atoms with Gasteiger partial charge in [0.2, 0.25) is 0 Å². The molecule has 0 fully saturated rings. The maximum atomic E-state index is 13.1. The molecular weight excluding hydrogens is 505 g/mol. The number of ether oxygens (including phenoxy) is 1. The van der Waals surface area contributed by atoms with E-state index < -0.39 is 23.8 Å². The Morgan fingerprint density at radius 2 is 1.38 bits per heavy atom. The fourth-order valence-corrected chi connectivity index (χ4v) is 4.15. The van der Waals surface area contributed by atoms with Crippen molar-refractivity contribution in [1.29, 1.82) is 0 Å². The second-order valence-electron chi connectivity index (χ2n) is 8.90. The van der Waals surface area contributed by atoms with Crippen molar-refractivity contribution >= 4 is 11.9 Å². The van der Waals surface area contributed by atoms with E-state index in [2.05, 4.69) is 5.32 Å². The number of alkyl halides is 3. The van der Waals surface area contributed by atoms with E-state index in [1.807, 2.05) is 30.3 Å². The first-order valence-electron chi connectivity index (χ1n) is 12.3. The van der Waals surface area contributed by atoms with Gasteiger partial charge in [-0.3, -0.25) is 4.79 Å². The molecule has 4 aromatic carbocycles. The average molecular weight is 533 g/mol. The number of carbonyl (C=O) groups is 2. The Bertz CT molecular complexity index is 1420. The summed E-state index contributed by atoms with van der Waals surface area (Å²) < 4.78 is 43.7. The molecule has 0 bridgehead atoms. The third kappa shape index (κ3) is 7.12. The molecule has 0 aromatic heterocycles. The van der Waals surface area contributed by atoms with Gasteiger partial charge in [-0.05, 0) is 52.4 Å². The van der Waals surface area contributed by atoms with E-state index in [0.717, 1.165) is 17.7 Å². The number of nitrogens with one attached hydrogen (secondary N) is 1. The number of amides is 1. The number of carbonyl (C=O) groups excluding carboxylic acids is 2. The minimum atomic E-state index is -4.45. The summed E-state index contributed by atoms with van der Waals surface area (Å²) in [4.78, 5) is 25.9. The summed E-state index contributed by atoms with van der Waals surface area (Å²) in [6.07, 6.45) is -3.77. The molecule has 0 radical (unpaired) electrons. The van der Waals surface area contributed by atoms with Gasteiger partial charge < -0.3 is 15.8 Å². The lowest BCUT2D eigenvalue weighted by atomic mass is 9.92. The molecule has 0 aliphatic carbocycles. The van der Waals surface area contributed by atoms with Crippen LogP contribution in [0.4, 0.5) is 13.2 Å². The lowest BCUT2D eigenvalue weighted by Gasteiger charge is -2.18. The molecule has 0 spiro atoms. The smallest absolute Gasteiger partial charge is 0.416 e. The summed E-state index contributed by atoms with van der Waals surface area (Å²) in [7, 11) is 0. The first-order chi connectivity index (χ1) is 18.7. The highest BCUT2D eigenvalue weighted by atomic mass is 19.4. The molecule has 5 nitrogen and oxygen atoms in total. The highest BCUT2D eigenvalue weighted by molar-refractivity contribution is 6.01. The van der Waals surface area contributed by atoms with Gasteiger partial charge in [0.15, 0.2) is 0 Å². The second kappa shape index (κ2) is 12.4. The normalized spacial score (nSPS) is 12.0. The Labute approximate surface area is 224 Å². The zero-order valence-electron chi connectivity index (χ0n) is 20.9. The maximum absolute atomic E-state index is 13.1. The largest absolute Gasteiger partial charge is 0.459 e. The van der Waals surface area contributed by atoms with Crippen molar-refractivity contribution in [3.8, 4) is 11.1 Å². The molecular formula is C31H27F3N2O3. The lowest BCUT2D eigenvalue weighted by Crippen LogP contribution is -2.27. The Kier molecular flexibility index (Phi) is 8.78. The summed E-state index contributed by atoms with van der Waals surface area (Å²) in [6, 6.07) is 27.0.